The number of ether oxygens (including phenoxy) is 1. The number of primary amides is 1. The number of nitrogens with two attached hydrogens (primary N) is 2. The third-order valence-electron chi connectivity index (χ3n) is 3.61. The second kappa shape index (κ2) is 8.61. The van der Waals surface area contributed by atoms with E-state index in [2.05, 4.69) is 23.3 Å². The van der Waals surface area contributed by atoms with Crippen LogP contribution in [-0.4, -0.2) is 36.7 Å². The summed E-state index contributed by atoms with van der Waals surface area (Å²) in [5, 5.41) is 13.4. The number of carbonyl (C=O) groups excluding carboxylic acids is 2. The average Bonchev–Trinajstić information content (AvgIpc) is 2.54. The van der Waals surface area contributed by atoms with E-state index in [1.54, 1.807) is 26.1 Å². The maximum Gasteiger partial charge on any atom is 0.268 e. The van der Waals surface area contributed by atoms with Gasteiger partial charge in [-0.05, 0) is 39.0 Å². The SMILES string of the molecule is CN/C(C(=O)NC(C)(C)C(N)=O)=C1/C=C(OC/C(S)=C(\C)N)C=CC1=N. The van der Waals surface area contributed by atoms with Crippen LogP contribution in [-0.2, 0) is 14.3 Å². The van der Waals surface area contributed by atoms with E-state index in [1.807, 2.05) is 0 Å². The van der Waals surface area contributed by atoms with E-state index < -0.39 is 17.4 Å². The fraction of sp³-hybridized carbons (Fsp3) is 0.353. The number of allylic oxidation sites excluding steroid dienone is 5. The first-order valence-corrected chi connectivity index (χ1v) is 8.24. The van der Waals surface area contributed by atoms with E-state index in [4.69, 9.17) is 21.6 Å². The summed E-state index contributed by atoms with van der Waals surface area (Å²) >= 11 is 4.23. The van der Waals surface area contributed by atoms with Gasteiger partial charge in [-0.15, -0.1) is 12.6 Å². The van der Waals surface area contributed by atoms with E-state index in [-0.39, 0.29) is 18.0 Å². The van der Waals surface area contributed by atoms with E-state index in [9.17, 15) is 9.59 Å². The van der Waals surface area contributed by atoms with Gasteiger partial charge < -0.3 is 32.2 Å². The van der Waals surface area contributed by atoms with Gasteiger partial charge in [-0.3, -0.25) is 9.59 Å². The second-order valence-electron chi connectivity index (χ2n) is 6.19. The summed E-state index contributed by atoms with van der Waals surface area (Å²) in [6.45, 7) is 4.87. The first-order chi connectivity index (χ1) is 12.0. The van der Waals surface area contributed by atoms with Crippen molar-refractivity contribution in [1.82, 2.24) is 10.6 Å². The van der Waals surface area contributed by atoms with Gasteiger partial charge in [-0.25, -0.2) is 0 Å². The van der Waals surface area contributed by atoms with Crippen molar-refractivity contribution in [3.8, 4) is 0 Å². The van der Waals surface area contributed by atoms with Crippen molar-refractivity contribution >= 4 is 30.2 Å². The zero-order valence-corrected chi connectivity index (χ0v) is 16.2. The molecular formula is C17H25N5O3S. The molecule has 1 rings (SSSR count). The Balaban J connectivity index is 3.14. The first kappa shape index (κ1) is 21.4. The zero-order valence-electron chi connectivity index (χ0n) is 15.3. The minimum atomic E-state index is -1.24. The summed E-state index contributed by atoms with van der Waals surface area (Å²) in [7, 11) is 1.55. The molecule has 9 heteroatoms. The molecular weight excluding hydrogens is 354 g/mol. The number of amides is 2. The molecule has 0 radical (unpaired) electrons. The lowest BCUT2D eigenvalue weighted by molar-refractivity contribution is -0.128. The molecule has 1 aliphatic carbocycles. The smallest absolute Gasteiger partial charge is 0.268 e. The summed E-state index contributed by atoms with van der Waals surface area (Å²) in [5.74, 6) is -0.789. The lowest BCUT2D eigenvalue weighted by atomic mass is 10.00. The molecule has 0 bridgehead atoms. The number of likely N-dealkylation sites (N-methyl/N-ethyl adjacent to an activating group) is 1. The van der Waals surface area contributed by atoms with Crippen LogP contribution in [0.1, 0.15) is 20.8 Å². The predicted molar refractivity (Wildman–Crippen MR) is 104 cm³/mol. The zero-order chi connectivity index (χ0) is 20.1. The first-order valence-electron chi connectivity index (χ1n) is 7.79. The molecule has 0 heterocycles. The van der Waals surface area contributed by atoms with Crippen molar-refractivity contribution in [3.63, 3.8) is 0 Å². The van der Waals surface area contributed by atoms with Crippen molar-refractivity contribution in [3.05, 3.63) is 45.9 Å². The molecule has 1 aliphatic rings. The van der Waals surface area contributed by atoms with Crippen LogP contribution in [0.5, 0.6) is 0 Å². The molecule has 0 aromatic rings. The number of nitrogens with one attached hydrogen (secondary N) is 3. The van der Waals surface area contributed by atoms with Crippen LogP contribution in [0.15, 0.2) is 45.9 Å². The average molecular weight is 379 g/mol. The van der Waals surface area contributed by atoms with Gasteiger partial charge >= 0.3 is 0 Å². The Kier molecular flexibility index (Phi) is 7.08. The molecule has 0 aromatic carbocycles. The molecule has 0 spiro atoms. The molecule has 0 saturated heterocycles. The van der Waals surface area contributed by atoms with Crippen LogP contribution in [0.25, 0.3) is 0 Å². The molecule has 0 atom stereocenters. The molecule has 7 N–H and O–H groups in total. The van der Waals surface area contributed by atoms with Crippen LogP contribution >= 0.6 is 12.6 Å². The van der Waals surface area contributed by atoms with Gasteiger partial charge in [-0.2, -0.15) is 0 Å². The molecule has 8 nitrogen and oxygen atoms in total. The molecule has 142 valence electrons. The van der Waals surface area contributed by atoms with Crippen molar-refractivity contribution < 1.29 is 14.3 Å². The molecule has 0 saturated carbocycles. The maximum atomic E-state index is 12.5. The van der Waals surface area contributed by atoms with E-state index >= 15 is 0 Å². The Labute approximate surface area is 158 Å². The van der Waals surface area contributed by atoms with Gasteiger partial charge in [0.1, 0.15) is 23.6 Å². The topological polar surface area (TPSA) is 143 Å². The Hall–Kier alpha value is -2.68. The lowest BCUT2D eigenvalue weighted by Crippen LogP contribution is -2.54. The molecule has 0 fully saturated rings. The third-order valence-corrected chi connectivity index (χ3v) is 4.09. The Morgan fingerprint density at radius 1 is 1.31 bits per heavy atom. The third kappa shape index (κ3) is 5.41. The summed E-state index contributed by atoms with van der Waals surface area (Å²) in [5.41, 5.74) is 10.8. The summed E-state index contributed by atoms with van der Waals surface area (Å²) in [4.78, 5) is 24.5. The molecule has 2 amide bonds. The molecule has 26 heavy (non-hydrogen) atoms. The summed E-state index contributed by atoms with van der Waals surface area (Å²) in [6.07, 6.45) is 4.67. The maximum absolute atomic E-state index is 12.5. The normalized spacial score (nSPS) is 17.1. The van der Waals surface area contributed by atoms with Crippen LogP contribution in [0.4, 0.5) is 0 Å². The van der Waals surface area contributed by atoms with E-state index in [0.29, 0.717) is 21.9 Å². The Morgan fingerprint density at radius 3 is 2.42 bits per heavy atom. The second-order valence-corrected chi connectivity index (χ2v) is 6.73. The van der Waals surface area contributed by atoms with Crippen LogP contribution < -0.4 is 22.1 Å². The van der Waals surface area contributed by atoms with Gasteiger partial charge in [0.05, 0.1) is 5.71 Å². The standard InChI is InChI=1S/C17H25N5O3S/c1-9(18)13(26)8-25-10-5-6-12(19)11(7-10)14(21-4)15(23)22-17(2,3)16(20)24/h5-7,19,21,26H,8,18H2,1-4H3,(H2,20,24)(H,22,23)/b13-9-,14-11-,19-12?. The highest BCUT2D eigenvalue weighted by molar-refractivity contribution is 7.84. The van der Waals surface area contributed by atoms with Gasteiger partial charge in [0.2, 0.25) is 5.91 Å². The quantitative estimate of drug-likeness (QED) is 0.281. The number of thiol groups is 1. The highest BCUT2D eigenvalue weighted by Gasteiger charge is 2.29. The molecule has 0 aromatic heterocycles. The van der Waals surface area contributed by atoms with Crippen molar-refractivity contribution in [2.75, 3.05) is 13.7 Å². The van der Waals surface area contributed by atoms with Crippen LogP contribution in [0, 0.1) is 5.41 Å². The van der Waals surface area contributed by atoms with Crippen LogP contribution in [0.3, 0.4) is 0 Å². The lowest BCUT2D eigenvalue weighted by Gasteiger charge is -2.24. The van der Waals surface area contributed by atoms with E-state index in [1.165, 1.54) is 19.9 Å². The van der Waals surface area contributed by atoms with Crippen molar-refractivity contribution in [2.24, 2.45) is 11.5 Å². The van der Waals surface area contributed by atoms with Crippen molar-refractivity contribution in [2.45, 2.75) is 26.3 Å². The Bertz CT molecular complexity index is 743. The van der Waals surface area contributed by atoms with Gasteiger partial charge in [0, 0.05) is 23.2 Å². The minimum Gasteiger partial charge on any atom is -0.488 e. The predicted octanol–water partition coefficient (Wildman–Crippen LogP) is 0.450. The monoisotopic (exact) mass is 379 g/mol. The highest BCUT2D eigenvalue weighted by Crippen LogP contribution is 2.19. The van der Waals surface area contributed by atoms with Crippen LogP contribution in [0.2, 0.25) is 0 Å². The van der Waals surface area contributed by atoms with Gasteiger partial charge in [0.25, 0.3) is 5.91 Å². The fourth-order valence-electron chi connectivity index (χ4n) is 1.86. The molecule has 0 aliphatic heterocycles. The van der Waals surface area contributed by atoms with E-state index in [0.717, 1.165) is 0 Å². The van der Waals surface area contributed by atoms with Crippen molar-refractivity contribution in [1.29, 1.82) is 5.41 Å². The number of hydrogen-bond donors (Lipinski definition) is 6. The minimum absolute atomic E-state index is 0.116. The van der Waals surface area contributed by atoms with Gasteiger partial charge in [-0.1, -0.05) is 0 Å². The summed E-state index contributed by atoms with van der Waals surface area (Å²) < 4.78 is 5.59. The van der Waals surface area contributed by atoms with Gasteiger partial charge in [0.15, 0.2) is 0 Å². The highest BCUT2D eigenvalue weighted by atomic mass is 32.1. The fourth-order valence-corrected chi connectivity index (χ4v) is 1.93. The Morgan fingerprint density at radius 2 is 1.92 bits per heavy atom. The number of hydrogen-bond acceptors (Lipinski definition) is 7. The number of carbonyl (C=O) groups is 2. The number of rotatable bonds is 7. The molecule has 0 unspecified atom stereocenters. The summed E-state index contributed by atoms with van der Waals surface area (Å²) in [6, 6.07) is 0. The largest absolute Gasteiger partial charge is 0.488 e.